The van der Waals surface area contributed by atoms with Crippen LogP contribution in [-0.4, -0.2) is 101 Å². The van der Waals surface area contributed by atoms with Crippen LogP contribution in [0.3, 0.4) is 0 Å². The largest absolute Gasteiger partial charge is 0.479 e. The highest BCUT2D eigenvalue weighted by Gasteiger charge is 2.38. The van der Waals surface area contributed by atoms with Crippen molar-refractivity contribution in [2.75, 3.05) is 38.9 Å². The zero-order chi connectivity index (χ0) is 42.4. The number of carboxylic acid groups (broad SMARTS) is 1. The fourth-order valence-corrected chi connectivity index (χ4v) is 10.4. The van der Waals surface area contributed by atoms with Crippen LogP contribution in [0.2, 0.25) is 0 Å². The first kappa shape index (κ1) is 43.3. The molecule has 2 N–H and O–H groups in total. The molecule has 4 aromatic rings. The molecule has 0 radical (unpaired) electrons. The number of nitrogens with zero attached hydrogens (tertiary/aromatic N) is 1. The Bertz CT molecular complexity index is 2350. The second-order valence-corrected chi connectivity index (χ2v) is 20.0. The van der Waals surface area contributed by atoms with Crippen LogP contribution >= 0.6 is 11.3 Å². The summed E-state index contributed by atoms with van der Waals surface area (Å²) in [6.45, 7) is 1.88. The summed E-state index contributed by atoms with van der Waals surface area (Å²) in [5, 5.41) is 12.2. The zero-order valence-corrected chi connectivity index (χ0v) is 34.9. The number of hydrogen-bond donors (Lipinski definition) is 2. The average molecular weight is 885 g/mol. The molecule has 2 aliphatic carbocycles. The van der Waals surface area contributed by atoms with E-state index in [4.69, 9.17) is 23.7 Å². The molecule has 2 saturated heterocycles. The van der Waals surface area contributed by atoms with Gasteiger partial charge in [0.05, 0.1) is 64.6 Å². The lowest BCUT2D eigenvalue weighted by Crippen LogP contribution is -2.28. The Balaban J connectivity index is 0.000000210. The molecule has 4 atom stereocenters. The number of carbonyl (C=O) groups is 3. The lowest BCUT2D eigenvalue weighted by molar-refractivity contribution is -0.155. The number of hydrogen-bond acceptors (Lipinski definition) is 15. The minimum absolute atomic E-state index is 0.240. The van der Waals surface area contributed by atoms with Gasteiger partial charge < -0.3 is 33.5 Å². The lowest BCUT2D eigenvalue weighted by atomic mass is 10.1. The van der Waals surface area contributed by atoms with Gasteiger partial charge in [-0.05, 0) is 98.2 Å². The third-order valence-corrected chi connectivity index (χ3v) is 15.4. The van der Waals surface area contributed by atoms with E-state index < -0.39 is 49.7 Å². The second kappa shape index (κ2) is 18.9. The first-order valence-electron chi connectivity index (χ1n) is 19.3. The predicted octanol–water partition coefficient (Wildman–Crippen LogP) is 5.70. The minimum atomic E-state index is -3.34. The summed E-state index contributed by atoms with van der Waals surface area (Å²) in [5.41, 5.74) is 1.37. The van der Waals surface area contributed by atoms with Crippen LogP contribution in [0, 0.1) is 0 Å². The standard InChI is InChI=1S/C26H26N2O8S2.C15H18O6S/c1-33-25(30)17-2-6-18(7-3-17)35-22-14-27-26(37-22)28-24(29)23(36-19-12-13-34-15-19)16-4-8-20(9-5-16)38(31,32)21-10-11-21;16-15(17)14(21-11-7-8-20-9-11)10-1-3-12(4-2-10)22(18,19)13-5-6-13/h2-9,14,19,21,23H,10-13,15H2,1H3,(H,27,28,29);1-4,11,13-14H,5-9H2,(H,16,17)/t19-,23?;11-,14?/m11/s1. The highest BCUT2D eigenvalue weighted by atomic mass is 32.2. The SMILES string of the molecule is COC(=O)c1ccc(Oc2cnc(NC(=O)C(O[C@@H]3CCOC3)c3ccc(S(=O)(=O)C4CC4)cc3)s2)cc1.O=C(O)C(O[C@@H]1CCOC1)c1ccc(S(=O)(=O)C2CC2)cc1. The molecular formula is C41H44N2O14S3. The highest BCUT2D eigenvalue weighted by Crippen LogP contribution is 2.36. The number of carboxylic acids is 1. The van der Waals surface area contributed by atoms with Crippen molar-refractivity contribution in [3.63, 3.8) is 0 Å². The average Bonchev–Trinajstić information content (AvgIpc) is 4.14. The maximum atomic E-state index is 13.3. The smallest absolute Gasteiger partial charge is 0.337 e. The van der Waals surface area contributed by atoms with Gasteiger partial charge in [0, 0.05) is 13.2 Å². The number of aliphatic carboxylic acids is 1. The van der Waals surface area contributed by atoms with E-state index >= 15 is 0 Å². The van der Waals surface area contributed by atoms with Gasteiger partial charge in [-0.1, -0.05) is 35.6 Å². The van der Waals surface area contributed by atoms with Gasteiger partial charge in [0.2, 0.25) is 5.06 Å². The van der Waals surface area contributed by atoms with Crippen LogP contribution in [0.15, 0.2) is 88.8 Å². The van der Waals surface area contributed by atoms with E-state index in [0.29, 0.717) is 97.6 Å². The molecular weight excluding hydrogens is 841 g/mol. The van der Waals surface area contributed by atoms with Crippen molar-refractivity contribution in [3.05, 3.63) is 95.7 Å². The van der Waals surface area contributed by atoms with Gasteiger partial charge in [-0.3, -0.25) is 10.1 Å². The van der Waals surface area contributed by atoms with Gasteiger partial charge in [-0.2, -0.15) is 0 Å². The molecule has 2 saturated carbocycles. The van der Waals surface area contributed by atoms with Gasteiger partial charge >= 0.3 is 11.9 Å². The number of amides is 1. The first-order valence-corrected chi connectivity index (χ1v) is 23.2. The van der Waals surface area contributed by atoms with E-state index in [2.05, 4.69) is 15.0 Å². The Hall–Kier alpha value is -4.76. The minimum Gasteiger partial charge on any atom is -0.479 e. The van der Waals surface area contributed by atoms with Crippen LogP contribution in [0.5, 0.6) is 10.8 Å². The van der Waals surface area contributed by atoms with E-state index in [1.807, 2.05) is 0 Å². The number of benzene rings is 3. The fraction of sp³-hybridized carbons (Fsp3) is 0.415. The molecule has 3 aromatic carbocycles. The molecule has 3 heterocycles. The van der Waals surface area contributed by atoms with E-state index in [9.17, 15) is 36.3 Å². The number of methoxy groups -OCH3 is 1. The Morgan fingerprint density at radius 3 is 1.68 bits per heavy atom. The summed E-state index contributed by atoms with van der Waals surface area (Å²) < 4.78 is 82.0. The molecule has 0 bridgehead atoms. The molecule has 1 aromatic heterocycles. The number of ether oxygens (including phenoxy) is 6. The molecule has 19 heteroatoms. The topological polar surface area (TPSA) is 220 Å². The number of carbonyl (C=O) groups excluding carboxylic acids is 2. The second-order valence-electron chi connectivity index (χ2n) is 14.6. The fourth-order valence-electron chi connectivity index (χ4n) is 6.43. The normalized spacial score (nSPS) is 20.0. The van der Waals surface area contributed by atoms with Crippen molar-refractivity contribution in [2.45, 2.75) is 83.2 Å². The summed E-state index contributed by atoms with van der Waals surface area (Å²) in [6, 6.07) is 18.7. The summed E-state index contributed by atoms with van der Waals surface area (Å²) in [7, 11) is -5.29. The van der Waals surface area contributed by atoms with Gasteiger partial charge in [0.1, 0.15) is 5.75 Å². The number of esters is 1. The van der Waals surface area contributed by atoms with Crippen molar-refractivity contribution in [2.24, 2.45) is 0 Å². The zero-order valence-electron chi connectivity index (χ0n) is 32.5. The van der Waals surface area contributed by atoms with Crippen LogP contribution in [0.1, 0.15) is 72.2 Å². The Kier molecular flexibility index (Phi) is 13.6. The highest BCUT2D eigenvalue weighted by molar-refractivity contribution is 7.92. The van der Waals surface area contributed by atoms with E-state index in [0.717, 1.165) is 11.3 Å². The Morgan fingerprint density at radius 2 is 1.23 bits per heavy atom. The van der Waals surface area contributed by atoms with Crippen molar-refractivity contribution in [3.8, 4) is 10.8 Å². The first-order chi connectivity index (χ1) is 28.8. The maximum Gasteiger partial charge on any atom is 0.337 e. The van der Waals surface area contributed by atoms with Crippen LogP contribution < -0.4 is 10.1 Å². The molecule has 2 aliphatic heterocycles. The van der Waals surface area contributed by atoms with Crippen molar-refractivity contribution >= 4 is 54.0 Å². The van der Waals surface area contributed by atoms with E-state index in [-0.39, 0.29) is 32.5 Å². The van der Waals surface area contributed by atoms with Crippen molar-refractivity contribution < 1.29 is 64.7 Å². The lowest BCUT2D eigenvalue weighted by Gasteiger charge is -2.21. The monoisotopic (exact) mass is 884 g/mol. The molecule has 4 aliphatic rings. The van der Waals surface area contributed by atoms with Crippen LogP contribution in [0.4, 0.5) is 5.13 Å². The Labute approximate surface area is 351 Å². The van der Waals surface area contributed by atoms with Gasteiger partial charge in [-0.15, -0.1) is 0 Å². The molecule has 8 rings (SSSR count). The van der Waals surface area contributed by atoms with Gasteiger partial charge in [0.25, 0.3) is 5.91 Å². The van der Waals surface area contributed by atoms with Gasteiger partial charge in [-0.25, -0.2) is 31.4 Å². The molecule has 16 nitrogen and oxygen atoms in total. The number of thiazole rings is 1. The molecule has 0 spiro atoms. The van der Waals surface area contributed by atoms with E-state index in [1.54, 1.807) is 36.4 Å². The molecule has 4 fully saturated rings. The number of nitrogens with one attached hydrogen (secondary N) is 1. The number of sulfone groups is 2. The number of aromatic nitrogens is 1. The molecule has 2 unspecified atom stereocenters. The summed E-state index contributed by atoms with van der Waals surface area (Å²) in [5.74, 6) is -1.50. The molecule has 60 heavy (non-hydrogen) atoms. The van der Waals surface area contributed by atoms with E-state index in [1.165, 1.54) is 49.7 Å². The van der Waals surface area contributed by atoms with Crippen molar-refractivity contribution in [1.82, 2.24) is 4.98 Å². The Morgan fingerprint density at radius 1 is 0.733 bits per heavy atom. The maximum absolute atomic E-state index is 13.3. The van der Waals surface area contributed by atoms with Crippen LogP contribution in [-0.2, 0) is 52.9 Å². The summed E-state index contributed by atoms with van der Waals surface area (Å²) in [6.07, 6.45) is 2.96. The molecule has 1 amide bonds. The third-order valence-electron chi connectivity index (χ3n) is 10.1. The summed E-state index contributed by atoms with van der Waals surface area (Å²) >= 11 is 1.13. The van der Waals surface area contributed by atoms with Crippen molar-refractivity contribution in [1.29, 1.82) is 0 Å². The van der Waals surface area contributed by atoms with Crippen LogP contribution in [0.25, 0.3) is 0 Å². The summed E-state index contributed by atoms with van der Waals surface area (Å²) in [4.78, 5) is 41.0. The number of rotatable bonds is 16. The molecule has 320 valence electrons. The number of anilines is 1. The quantitative estimate of drug-likeness (QED) is 0.129. The van der Waals surface area contributed by atoms with Gasteiger partial charge in [0.15, 0.2) is 37.0 Å². The third kappa shape index (κ3) is 10.8. The predicted molar refractivity (Wildman–Crippen MR) is 216 cm³/mol.